The number of hydrogen-bond donors (Lipinski definition) is 0. The second-order valence-corrected chi connectivity index (χ2v) is 6.96. The van der Waals surface area contributed by atoms with E-state index in [2.05, 4.69) is 20.2 Å². The molecule has 0 saturated heterocycles. The Labute approximate surface area is 140 Å². The molecule has 0 bridgehead atoms. The Morgan fingerprint density at radius 1 is 1.26 bits per heavy atom. The van der Waals surface area contributed by atoms with Crippen molar-refractivity contribution in [3.8, 4) is 10.8 Å². The minimum atomic E-state index is 0.629. The molecule has 0 aromatic carbocycles. The molecule has 0 unspecified atom stereocenters. The number of oxazole rings is 1. The van der Waals surface area contributed by atoms with Gasteiger partial charge in [0.2, 0.25) is 5.89 Å². The monoisotopic (exact) mass is 343 g/mol. The first-order valence-corrected chi connectivity index (χ1v) is 8.88. The Bertz CT molecular complexity index is 958. The van der Waals surface area contributed by atoms with E-state index in [4.69, 9.17) is 4.42 Å². The topological polar surface area (TPSA) is 69.1 Å². The molecule has 4 rings (SSSR count). The Balaban J connectivity index is 1.56. The van der Waals surface area contributed by atoms with Gasteiger partial charge in [0.05, 0.1) is 10.6 Å². The maximum Gasteiger partial charge on any atom is 0.256 e. The van der Waals surface area contributed by atoms with Crippen LogP contribution in [0.3, 0.4) is 0 Å². The number of thioether (sulfide) groups is 1. The zero-order chi connectivity index (χ0) is 15.8. The van der Waals surface area contributed by atoms with Crippen molar-refractivity contribution in [2.75, 3.05) is 0 Å². The van der Waals surface area contributed by atoms with Crippen LogP contribution in [0.15, 0.2) is 39.4 Å². The summed E-state index contributed by atoms with van der Waals surface area (Å²) in [5, 5.41) is 11.2. The molecule has 4 heterocycles. The van der Waals surface area contributed by atoms with Crippen LogP contribution in [0.2, 0.25) is 0 Å². The lowest BCUT2D eigenvalue weighted by atomic mass is 10.3. The highest BCUT2D eigenvalue weighted by molar-refractivity contribution is 7.98. The van der Waals surface area contributed by atoms with Gasteiger partial charge >= 0.3 is 0 Å². The highest BCUT2D eigenvalue weighted by Gasteiger charge is 2.12. The number of thiophene rings is 1. The highest BCUT2D eigenvalue weighted by Crippen LogP contribution is 2.27. The largest absolute Gasteiger partial charge is 0.444 e. The number of rotatable bonds is 4. The quantitative estimate of drug-likeness (QED) is 0.526. The average molecular weight is 343 g/mol. The van der Waals surface area contributed by atoms with E-state index in [0.29, 0.717) is 17.4 Å². The van der Waals surface area contributed by atoms with Gasteiger partial charge in [0, 0.05) is 17.1 Å². The predicted octanol–water partition coefficient (Wildman–Crippen LogP) is 3.75. The summed E-state index contributed by atoms with van der Waals surface area (Å²) in [6, 6.07) is 6.00. The van der Waals surface area contributed by atoms with E-state index in [0.717, 1.165) is 27.1 Å². The number of fused-ring (bicyclic) bond motifs is 1. The van der Waals surface area contributed by atoms with Crippen LogP contribution in [-0.2, 0) is 5.75 Å². The number of hydrogen-bond acceptors (Lipinski definition) is 7. The van der Waals surface area contributed by atoms with Crippen molar-refractivity contribution in [1.82, 2.24) is 24.6 Å². The van der Waals surface area contributed by atoms with Gasteiger partial charge in [-0.2, -0.15) is 0 Å². The summed E-state index contributed by atoms with van der Waals surface area (Å²) in [5.41, 5.74) is 2.89. The first-order valence-electron chi connectivity index (χ1n) is 7.01. The molecular weight excluding hydrogens is 330 g/mol. The summed E-state index contributed by atoms with van der Waals surface area (Å²) in [7, 11) is 0. The normalized spacial score (nSPS) is 11.4. The SMILES string of the molecule is Cc1cc(C)n2c(SCc3coc(-c4cccs4)n3)nnc2n1. The first-order chi connectivity index (χ1) is 11.2. The lowest BCUT2D eigenvalue weighted by Gasteiger charge is -2.02. The Morgan fingerprint density at radius 2 is 2.17 bits per heavy atom. The van der Waals surface area contributed by atoms with E-state index in [-0.39, 0.29) is 0 Å². The van der Waals surface area contributed by atoms with Crippen LogP contribution >= 0.6 is 23.1 Å². The van der Waals surface area contributed by atoms with Crippen molar-refractivity contribution in [2.24, 2.45) is 0 Å². The smallest absolute Gasteiger partial charge is 0.256 e. The zero-order valence-corrected chi connectivity index (χ0v) is 14.2. The van der Waals surface area contributed by atoms with Crippen molar-refractivity contribution < 1.29 is 4.42 Å². The molecule has 0 saturated carbocycles. The van der Waals surface area contributed by atoms with Crippen molar-refractivity contribution in [3.63, 3.8) is 0 Å². The molecular formula is C15H13N5OS2. The molecule has 8 heteroatoms. The summed E-state index contributed by atoms with van der Waals surface area (Å²) in [4.78, 5) is 9.94. The molecule has 0 atom stereocenters. The third-order valence-electron chi connectivity index (χ3n) is 3.30. The van der Waals surface area contributed by atoms with Gasteiger partial charge in [0.15, 0.2) is 5.16 Å². The first kappa shape index (κ1) is 14.4. The summed E-state index contributed by atoms with van der Waals surface area (Å²) in [6.07, 6.45) is 1.69. The third kappa shape index (κ3) is 2.75. The second kappa shape index (κ2) is 5.78. The maximum absolute atomic E-state index is 5.54. The number of aromatic nitrogens is 5. The molecule has 0 aliphatic rings. The van der Waals surface area contributed by atoms with Crippen LogP contribution in [0.4, 0.5) is 0 Å². The van der Waals surface area contributed by atoms with Crippen LogP contribution < -0.4 is 0 Å². The van der Waals surface area contributed by atoms with Gasteiger partial charge in [-0.3, -0.25) is 4.40 Å². The average Bonchev–Trinajstić information content (AvgIpc) is 3.25. The molecule has 0 fully saturated rings. The molecule has 0 N–H and O–H groups in total. The minimum absolute atomic E-state index is 0.629. The minimum Gasteiger partial charge on any atom is -0.444 e. The van der Waals surface area contributed by atoms with Crippen molar-refractivity contribution in [2.45, 2.75) is 24.8 Å². The second-order valence-electron chi connectivity index (χ2n) is 5.07. The predicted molar refractivity (Wildman–Crippen MR) is 89.6 cm³/mol. The van der Waals surface area contributed by atoms with Gasteiger partial charge in [0.1, 0.15) is 6.26 Å². The van der Waals surface area contributed by atoms with E-state index < -0.39 is 0 Å². The van der Waals surface area contributed by atoms with Crippen molar-refractivity contribution in [1.29, 1.82) is 0 Å². The molecule has 0 aliphatic carbocycles. The lowest BCUT2D eigenvalue weighted by molar-refractivity contribution is 0.575. The Kier molecular flexibility index (Phi) is 3.62. The van der Waals surface area contributed by atoms with E-state index in [1.54, 1.807) is 29.4 Å². The van der Waals surface area contributed by atoms with Gasteiger partial charge in [-0.25, -0.2) is 9.97 Å². The summed E-state index contributed by atoms with van der Waals surface area (Å²) in [6.45, 7) is 3.98. The molecule has 23 heavy (non-hydrogen) atoms. The molecule has 6 nitrogen and oxygen atoms in total. The zero-order valence-electron chi connectivity index (χ0n) is 12.6. The van der Waals surface area contributed by atoms with Gasteiger partial charge in [0.25, 0.3) is 5.78 Å². The van der Waals surface area contributed by atoms with Crippen LogP contribution in [0.1, 0.15) is 17.1 Å². The molecule has 0 aliphatic heterocycles. The molecule has 0 spiro atoms. The fourth-order valence-corrected chi connectivity index (χ4v) is 3.84. The van der Waals surface area contributed by atoms with Crippen LogP contribution in [0.25, 0.3) is 16.5 Å². The molecule has 4 aromatic rings. The summed E-state index contributed by atoms with van der Waals surface area (Å²) in [5.74, 6) is 1.96. The van der Waals surface area contributed by atoms with Crippen molar-refractivity contribution >= 4 is 28.9 Å². The van der Waals surface area contributed by atoms with Crippen LogP contribution in [-0.4, -0.2) is 24.6 Å². The third-order valence-corrected chi connectivity index (χ3v) is 5.12. The fraction of sp³-hybridized carbons (Fsp3) is 0.200. The number of nitrogens with zero attached hydrogens (tertiary/aromatic N) is 5. The molecule has 0 radical (unpaired) electrons. The maximum atomic E-state index is 5.54. The molecule has 0 amide bonds. The summed E-state index contributed by atoms with van der Waals surface area (Å²) >= 11 is 3.18. The van der Waals surface area contributed by atoms with E-state index in [9.17, 15) is 0 Å². The summed E-state index contributed by atoms with van der Waals surface area (Å²) < 4.78 is 7.49. The lowest BCUT2D eigenvalue weighted by Crippen LogP contribution is -1.97. The van der Waals surface area contributed by atoms with Gasteiger partial charge < -0.3 is 4.42 Å². The van der Waals surface area contributed by atoms with Gasteiger partial charge in [-0.1, -0.05) is 17.8 Å². The van der Waals surface area contributed by atoms with Gasteiger partial charge in [-0.05, 0) is 31.4 Å². The van der Waals surface area contributed by atoms with Crippen molar-refractivity contribution in [3.05, 3.63) is 46.9 Å². The van der Waals surface area contributed by atoms with E-state index in [1.165, 1.54) is 0 Å². The van der Waals surface area contributed by atoms with E-state index in [1.807, 2.05) is 41.8 Å². The Hall–Kier alpha value is -2.19. The van der Waals surface area contributed by atoms with Gasteiger partial charge in [-0.15, -0.1) is 21.5 Å². The number of aryl methyl sites for hydroxylation is 2. The fourth-order valence-electron chi connectivity index (χ4n) is 2.32. The molecule has 4 aromatic heterocycles. The van der Waals surface area contributed by atoms with E-state index >= 15 is 0 Å². The van der Waals surface area contributed by atoms with Crippen LogP contribution in [0, 0.1) is 13.8 Å². The molecule has 116 valence electrons. The highest BCUT2D eigenvalue weighted by atomic mass is 32.2. The van der Waals surface area contributed by atoms with Crippen LogP contribution in [0.5, 0.6) is 0 Å². The standard InChI is InChI=1S/C15H13N5OS2/c1-9-6-10(2)20-14(16-9)18-19-15(20)23-8-11-7-21-13(17-11)12-4-3-5-22-12/h3-7H,8H2,1-2H3. The Morgan fingerprint density at radius 3 is 3.00 bits per heavy atom.